The van der Waals surface area contributed by atoms with Gasteiger partial charge < -0.3 is 4.74 Å². The van der Waals surface area contributed by atoms with Crippen molar-refractivity contribution < 1.29 is 9.13 Å². The Hall–Kier alpha value is -1.61. The molecule has 0 saturated heterocycles. The first-order valence-electron chi connectivity index (χ1n) is 6.20. The van der Waals surface area contributed by atoms with Crippen molar-refractivity contribution in [2.75, 3.05) is 0 Å². The van der Waals surface area contributed by atoms with Crippen LogP contribution in [-0.2, 0) is 12.3 Å². The molecule has 1 heterocycles. The number of hydrogen-bond acceptors (Lipinski definition) is 2. The number of aromatic nitrogens is 1. The fraction of sp³-hybridized carbons (Fsp3) is 0.267. The third-order valence-electron chi connectivity index (χ3n) is 2.76. The van der Waals surface area contributed by atoms with Crippen LogP contribution in [0.3, 0.4) is 0 Å². The van der Waals surface area contributed by atoms with E-state index in [1.165, 1.54) is 11.8 Å². The van der Waals surface area contributed by atoms with Crippen LogP contribution in [0.5, 0.6) is 11.6 Å². The summed E-state index contributed by atoms with van der Waals surface area (Å²) in [5.41, 5.74) is 1.62. The van der Waals surface area contributed by atoms with Crippen LogP contribution in [0.15, 0.2) is 36.5 Å². The lowest BCUT2D eigenvalue weighted by Gasteiger charge is -2.08. The van der Waals surface area contributed by atoms with Crippen molar-refractivity contribution in [1.82, 2.24) is 4.98 Å². The highest BCUT2D eigenvalue weighted by atomic mass is 35.5. The normalized spacial score (nSPS) is 10.5. The Kier molecular flexibility index (Phi) is 4.74. The molecule has 0 spiro atoms. The van der Waals surface area contributed by atoms with E-state index < -0.39 is 5.82 Å². The van der Waals surface area contributed by atoms with Crippen LogP contribution >= 0.6 is 11.6 Å². The minimum Gasteiger partial charge on any atom is -0.436 e. The largest absolute Gasteiger partial charge is 0.436 e. The summed E-state index contributed by atoms with van der Waals surface area (Å²) in [6.07, 6.45) is 3.60. The molecule has 0 aliphatic carbocycles. The maximum atomic E-state index is 13.9. The van der Waals surface area contributed by atoms with Crippen molar-refractivity contribution in [3.63, 3.8) is 0 Å². The lowest BCUT2D eigenvalue weighted by Crippen LogP contribution is -1.96. The Labute approximate surface area is 117 Å². The first-order valence-corrected chi connectivity index (χ1v) is 6.74. The van der Waals surface area contributed by atoms with Crippen LogP contribution in [0.1, 0.15) is 24.5 Å². The number of rotatable bonds is 5. The summed E-state index contributed by atoms with van der Waals surface area (Å²) in [6.45, 7) is 2.13. The van der Waals surface area contributed by atoms with E-state index in [0.29, 0.717) is 11.3 Å². The van der Waals surface area contributed by atoms with Gasteiger partial charge in [0.25, 0.3) is 5.88 Å². The highest BCUT2D eigenvalue weighted by Crippen LogP contribution is 2.25. The van der Waals surface area contributed by atoms with E-state index in [2.05, 4.69) is 11.9 Å². The summed E-state index contributed by atoms with van der Waals surface area (Å²) in [4.78, 5) is 3.89. The van der Waals surface area contributed by atoms with Crippen molar-refractivity contribution >= 4 is 11.6 Å². The summed E-state index contributed by atoms with van der Waals surface area (Å²) in [5.74, 6) is 0.120. The standard InChI is InChI=1S/C15H15ClFNO/c1-2-3-11-4-6-13(7-5-11)19-15-14(17)12(10-16)8-9-18-15/h4-9H,2-3,10H2,1H3. The van der Waals surface area contributed by atoms with Gasteiger partial charge in [0, 0.05) is 11.8 Å². The van der Waals surface area contributed by atoms with Gasteiger partial charge in [-0.1, -0.05) is 25.5 Å². The highest BCUT2D eigenvalue weighted by Gasteiger charge is 2.10. The van der Waals surface area contributed by atoms with Gasteiger partial charge in [0.2, 0.25) is 0 Å². The van der Waals surface area contributed by atoms with Crippen molar-refractivity contribution in [2.45, 2.75) is 25.6 Å². The number of pyridine rings is 1. The van der Waals surface area contributed by atoms with Gasteiger partial charge in [-0.05, 0) is 30.2 Å². The SMILES string of the molecule is CCCc1ccc(Oc2nccc(CCl)c2F)cc1. The van der Waals surface area contributed by atoms with Crippen molar-refractivity contribution in [3.05, 3.63) is 53.5 Å². The molecule has 0 aliphatic rings. The van der Waals surface area contributed by atoms with Crippen LogP contribution < -0.4 is 4.74 Å². The van der Waals surface area contributed by atoms with E-state index in [1.807, 2.05) is 24.3 Å². The fourth-order valence-corrected chi connectivity index (χ4v) is 1.97. The van der Waals surface area contributed by atoms with Gasteiger partial charge in [-0.25, -0.2) is 9.37 Å². The zero-order valence-corrected chi connectivity index (χ0v) is 11.5. The molecule has 19 heavy (non-hydrogen) atoms. The van der Waals surface area contributed by atoms with E-state index in [-0.39, 0.29) is 11.8 Å². The average Bonchev–Trinajstić information content (AvgIpc) is 2.43. The van der Waals surface area contributed by atoms with E-state index in [9.17, 15) is 4.39 Å². The molecular weight excluding hydrogens is 265 g/mol. The van der Waals surface area contributed by atoms with E-state index >= 15 is 0 Å². The molecule has 0 aliphatic heterocycles. The highest BCUT2D eigenvalue weighted by molar-refractivity contribution is 6.17. The van der Waals surface area contributed by atoms with Gasteiger partial charge in [0.1, 0.15) is 5.75 Å². The molecule has 0 unspecified atom stereocenters. The number of ether oxygens (including phenoxy) is 1. The predicted molar refractivity (Wildman–Crippen MR) is 74.3 cm³/mol. The molecule has 0 N–H and O–H groups in total. The number of benzene rings is 1. The molecule has 0 radical (unpaired) electrons. The molecule has 1 aromatic heterocycles. The van der Waals surface area contributed by atoms with Crippen LogP contribution in [0, 0.1) is 5.82 Å². The Morgan fingerprint density at radius 3 is 2.58 bits per heavy atom. The molecule has 1 aromatic carbocycles. The molecule has 0 bridgehead atoms. The minimum absolute atomic E-state index is 0.0404. The van der Waals surface area contributed by atoms with Gasteiger partial charge >= 0.3 is 0 Å². The molecule has 0 atom stereocenters. The van der Waals surface area contributed by atoms with Gasteiger partial charge in [-0.15, -0.1) is 11.6 Å². The minimum atomic E-state index is -0.505. The van der Waals surface area contributed by atoms with Crippen molar-refractivity contribution in [1.29, 1.82) is 0 Å². The lowest BCUT2D eigenvalue weighted by atomic mass is 10.1. The monoisotopic (exact) mass is 279 g/mol. The molecule has 0 fully saturated rings. The fourth-order valence-electron chi connectivity index (χ4n) is 1.76. The third-order valence-corrected chi connectivity index (χ3v) is 3.05. The molecule has 0 saturated carbocycles. The Balaban J connectivity index is 2.16. The van der Waals surface area contributed by atoms with E-state index in [0.717, 1.165) is 12.8 Å². The molecular formula is C15H15ClFNO. The zero-order chi connectivity index (χ0) is 13.7. The first kappa shape index (κ1) is 13.8. The maximum Gasteiger partial charge on any atom is 0.256 e. The quantitative estimate of drug-likeness (QED) is 0.740. The molecule has 4 heteroatoms. The number of hydrogen-bond donors (Lipinski definition) is 0. The average molecular weight is 280 g/mol. The Morgan fingerprint density at radius 1 is 1.21 bits per heavy atom. The van der Waals surface area contributed by atoms with Crippen LogP contribution in [0.25, 0.3) is 0 Å². The van der Waals surface area contributed by atoms with E-state index in [1.54, 1.807) is 6.07 Å². The Bertz CT molecular complexity index is 542. The molecule has 2 nitrogen and oxygen atoms in total. The summed E-state index contributed by atoms with van der Waals surface area (Å²) >= 11 is 5.64. The van der Waals surface area contributed by atoms with Gasteiger partial charge in [0.05, 0.1) is 5.88 Å². The molecule has 2 aromatic rings. The number of alkyl halides is 1. The van der Waals surface area contributed by atoms with Gasteiger partial charge in [-0.3, -0.25) is 0 Å². The zero-order valence-electron chi connectivity index (χ0n) is 10.7. The second kappa shape index (κ2) is 6.53. The molecule has 0 amide bonds. The molecule has 2 rings (SSSR count). The number of nitrogens with zero attached hydrogens (tertiary/aromatic N) is 1. The number of halogens is 2. The number of aryl methyl sites for hydroxylation is 1. The van der Waals surface area contributed by atoms with Gasteiger partial charge in [0.15, 0.2) is 5.82 Å². The summed E-state index contributed by atoms with van der Waals surface area (Å²) in [7, 11) is 0. The Morgan fingerprint density at radius 2 is 1.95 bits per heavy atom. The summed E-state index contributed by atoms with van der Waals surface area (Å²) in [5, 5.41) is 0. The predicted octanol–water partition coefficient (Wildman–Crippen LogP) is 4.70. The first-order chi connectivity index (χ1) is 9.24. The van der Waals surface area contributed by atoms with Crippen LogP contribution in [-0.4, -0.2) is 4.98 Å². The second-order valence-electron chi connectivity index (χ2n) is 4.22. The summed E-state index contributed by atoms with van der Waals surface area (Å²) in [6, 6.07) is 9.13. The van der Waals surface area contributed by atoms with E-state index in [4.69, 9.17) is 16.3 Å². The van der Waals surface area contributed by atoms with Crippen molar-refractivity contribution in [2.24, 2.45) is 0 Å². The van der Waals surface area contributed by atoms with Crippen molar-refractivity contribution in [3.8, 4) is 11.6 Å². The lowest BCUT2D eigenvalue weighted by molar-refractivity contribution is 0.420. The molecule has 100 valence electrons. The van der Waals surface area contributed by atoms with Crippen LogP contribution in [0.2, 0.25) is 0 Å². The topological polar surface area (TPSA) is 22.1 Å². The maximum absolute atomic E-state index is 13.9. The van der Waals surface area contributed by atoms with Crippen LogP contribution in [0.4, 0.5) is 4.39 Å². The third kappa shape index (κ3) is 3.44. The smallest absolute Gasteiger partial charge is 0.256 e. The van der Waals surface area contributed by atoms with Gasteiger partial charge in [-0.2, -0.15) is 0 Å². The second-order valence-corrected chi connectivity index (χ2v) is 4.49. The summed E-state index contributed by atoms with van der Waals surface area (Å²) < 4.78 is 19.3.